The van der Waals surface area contributed by atoms with Gasteiger partial charge in [-0.1, -0.05) is 47.0 Å². The van der Waals surface area contributed by atoms with Crippen molar-refractivity contribution >= 4 is 6.29 Å². The van der Waals surface area contributed by atoms with Crippen molar-refractivity contribution in [2.45, 2.75) is 59.8 Å². The van der Waals surface area contributed by atoms with Gasteiger partial charge in [0.2, 0.25) is 0 Å². The lowest BCUT2D eigenvalue weighted by atomic mass is 9.90. The zero-order chi connectivity index (χ0) is 11.4. The van der Waals surface area contributed by atoms with Gasteiger partial charge in [0.1, 0.15) is 6.29 Å². The van der Waals surface area contributed by atoms with E-state index in [9.17, 15) is 4.79 Å². The van der Waals surface area contributed by atoms with Crippen LogP contribution in [0.1, 0.15) is 59.8 Å². The summed E-state index contributed by atoms with van der Waals surface area (Å²) >= 11 is 0. The van der Waals surface area contributed by atoms with Crippen molar-refractivity contribution in [3.05, 3.63) is 0 Å². The highest BCUT2D eigenvalue weighted by Crippen LogP contribution is 2.35. The number of aliphatic hydroxyl groups excluding tert-OH is 1. The number of hydrogen-bond acceptors (Lipinski definition) is 2. The van der Waals surface area contributed by atoms with Crippen molar-refractivity contribution in [3.63, 3.8) is 0 Å². The van der Waals surface area contributed by atoms with E-state index in [-0.39, 0.29) is 12.0 Å². The van der Waals surface area contributed by atoms with Crippen molar-refractivity contribution in [1.29, 1.82) is 0 Å². The number of carbonyl (C=O) groups is 1. The molecule has 1 aliphatic rings. The fourth-order valence-corrected chi connectivity index (χ4v) is 1.39. The van der Waals surface area contributed by atoms with E-state index in [1.807, 2.05) is 13.8 Å². The van der Waals surface area contributed by atoms with Gasteiger partial charge in [-0.3, -0.25) is 0 Å². The van der Waals surface area contributed by atoms with Crippen LogP contribution in [-0.2, 0) is 4.79 Å². The maximum Gasteiger partial charge on any atom is 0.128 e. The third kappa shape index (κ3) is 6.14. The number of hydrogen-bond donors (Lipinski definition) is 1. The first-order valence-corrected chi connectivity index (χ1v) is 5.82. The number of rotatable bonds is 2. The second-order valence-corrected chi connectivity index (χ2v) is 3.55. The molecule has 0 heterocycles. The molecule has 0 spiro atoms. The standard InChI is InChI=1S/C7H12O2.C3H8.C2H6/c8-5-7(6-9)3-1-2-4-7;1-3-2;1-2/h5,9H,1-4,6H2;3H2,1-2H3;1-2H3. The largest absolute Gasteiger partial charge is 0.395 e. The zero-order valence-corrected chi connectivity index (χ0v) is 10.2. The van der Waals surface area contributed by atoms with Crippen molar-refractivity contribution in [1.82, 2.24) is 0 Å². The van der Waals surface area contributed by atoms with Crippen molar-refractivity contribution < 1.29 is 9.90 Å². The molecular weight excluding hydrogens is 176 g/mol. The summed E-state index contributed by atoms with van der Waals surface area (Å²) in [5.41, 5.74) is -0.347. The van der Waals surface area contributed by atoms with Crippen LogP contribution in [0.2, 0.25) is 0 Å². The van der Waals surface area contributed by atoms with Crippen LogP contribution in [0.3, 0.4) is 0 Å². The Labute approximate surface area is 88.7 Å². The van der Waals surface area contributed by atoms with Crippen LogP contribution in [0, 0.1) is 5.41 Å². The summed E-state index contributed by atoms with van der Waals surface area (Å²) in [6.45, 7) is 8.29. The van der Waals surface area contributed by atoms with E-state index >= 15 is 0 Å². The summed E-state index contributed by atoms with van der Waals surface area (Å²) in [6, 6.07) is 0. The maximum atomic E-state index is 10.4. The lowest BCUT2D eigenvalue weighted by Gasteiger charge is -2.16. The molecule has 0 atom stereocenters. The molecule has 1 saturated carbocycles. The van der Waals surface area contributed by atoms with Gasteiger partial charge in [-0.25, -0.2) is 0 Å². The Morgan fingerprint density at radius 2 is 1.57 bits per heavy atom. The van der Waals surface area contributed by atoms with Crippen LogP contribution in [0.5, 0.6) is 0 Å². The molecule has 1 fully saturated rings. The van der Waals surface area contributed by atoms with Crippen LogP contribution >= 0.6 is 0 Å². The van der Waals surface area contributed by atoms with Gasteiger partial charge in [-0.15, -0.1) is 0 Å². The molecule has 0 amide bonds. The van der Waals surface area contributed by atoms with E-state index in [2.05, 4.69) is 13.8 Å². The van der Waals surface area contributed by atoms with E-state index in [4.69, 9.17) is 5.11 Å². The molecule has 0 saturated heterocycles. The molecule has 0 aromatic rings. The molecule has 1 aliphatic carbocycles. The predicted octanol–water partition coefficient (Wildman–Crippen LogP) is 3.18. The van der Waals surface area contributed by atoms with Crippen molar-refractivity contribution in [3.8, 4) is 0 Å². The van der Waals surface area contributed by atoms with Gasteiger partial charge in [-0.2, -0.15) is 0 Å². The average molecular weight is 202 g/mol. The Kier molecular flexibility index (Phi) is 12.3. The summed E-state index contributed by atoms with van der Waals surface area (Å²) in [5.74, 6) is 0. The zero-order valence-electron chi connectivity index (χ0n) is 10.2. The molecule has 14 heavy (non-hydrogen) atoms. The van der Waals surface area contributed by atoms with Gasteiger partial charge in [0, 0.05) is 5.41 Å². The first-order chi connectivity index (χ1) is 6.74. The average Bonchev–Trinajstić information content (AvgIpc) is 2.71. The minimum Gasteiger partial charge on any atom is -0.395 e. The quantitative estimate of drug-likeness (QED) is 0.698. The lowest BCUT2D eigenvalue weighted by molar-refractivity contribution is -0.117. The lowest BCUT2D eigenvalue weighted by Crippen LogP contribution is -2.22. The topological polar surface area (TPSA) is 37.3 Å². The molecule has 1 rings (SSSR count). The highest BCUT2D eigenvalue weighted by molar-refractivity contribution is 5.59. The molecule has 0 unspecified atom stereocenters. The van der Waals surface area contributed by atoms with Gasteiger partial charge < -0.3 is 9.90 Å². The summed E-state index contributed by atoms with van der Waals surface area (Å²) in [4.78, 5) is 10.4. The number of aldehydes is 1. The van der Waals surface area contributed by atoms with Crippen LogP contribution in [0.4, 0.5) is 0 Å². The Hall–Kier alpha value is -0.370. The van der Waals surface area contributed by atoms with Crippen LogP contribution in [-0.4, -0.2) is 18.0 Å². The molecule has 0 aromatic heterocycles. The third-order valence-corrected chi connectivity index (χ3v) is 2.16. The summed E-state index contributed by atoms with van der Waals surface area (Å²) in [6.07, 6.45) is 6.12. The van der Waals surface area contributed by atoms with Gasteiger partial charge in [0.15, 0.2) is 0 Å². The minimum atomic E-state index is -0.347. The Morgan fingerprint density at radius 3 is 1.71 bits per heavy atom. The first-order valence-electron chi connectivity index (χ1n) is 5.82. The van der Waals surface area contributed by atoms with Crippen molar-refractivity contribution in [2.75, 3.05) is 6.61 Å². The van der Waals surface area contributed by atoms with E-state index in [0.29, 0.717) is 0 Å². The molecule has 0 aromatic carbocycles. The SMILES string of the molecule is CC.CCC.O=CC1(CO)CCCC1. The molecule has 0 aliphatic heterocycles. The van der Waals surface area contributed by atoms with Gasteiger partial charge in [-0.05, 0) is 12.8 Å². The first kappa shape index (κ1) is 16.1. The Morgan fingerprint density at radius 1 is 1.21 bits per heavy atom. The number of carbonyl (C=O) groups excluding carboxylic acids is 1. The highest BCUT2D eigenvalue weighted by atomic mass is 16.3. The Bertz CT molecular complexity index is 115. The second-order valence-electron chi connectivity index (χ2n) is 3.55. The fraction of sp³-hybridized carbons (Fsp3) is 0.917. The van der Waals surface area contributed by atoms with E-state index < -0.39 is 0 Å². The normalized spacial score (nSPS) is 17.2. The van der Waals surface area contributed by atoms with Crippen LogP contribution in [0.15, 0.2) is 0 Å². The predicted molar refractivity (Wildman–Crippen MR) is 61.4 cm³/mol. The molecular formula is C12H26O2. The van der Waals surface area contributed by atoms with Crippen molar-refractivity contribution in [2.24, 2.45) is 5.41 Å². The summed E-state index contributed by atoms with van der Waals surface area (Å²) < 4.78 is 0. The third-order valence-electron chi connectivity index (χ3n) is 2.16. The van der Waals surface area contributed by atoms with Crippen LogP contribution in [0.25, 0.3) is 0 Å². The summed E-state index contributed by atoms with van der Waals surface area (Å²) in [7, 11) is 0. The van der Waals surface area contributed by atoms with Gasteiger partial charge in [0.05, 0.1) is 6.61 Å². The minimum absolute atomic E-state index is 0.0382. The van der Waals surface area contributed by atoms with Crippen LogP contribution < -0.4 is 0 Å². The fourth-order valence-electron chi connectivity index (χ4n) is 1.39. The molecule has 0 radical (unpaired) electrons. The summed E-state index contributed by atoms with van der Waals surface area (Å²) in [5, 5.41) is 8.79. The smallest absolute Gasteiger partial charge is 0.128 e. The number of aliphatic hydroxyl groups is 1. The van der Waals surface area contributed by atoms with Gasteiger partial charge >= 0.3 is 0 Å². The Balaban J connectivity index is 0. The monoisotopic (exact) mass is 202 g/mol. The van der Waals surface area contributed by atoms with E-state index in [0.717, 1.165) is 32.0 Å². The van der Waals surface area contributed by atoms with E-state index in [1.165, 1.54) is 6.42 Å². The highest BCUT2D eigenvalue weighted by Gasteiger charge is 2.32. The molecule has 2 heteroatoms. The van der Waals surface area contributed by atoms with Gasteiger partial charge in [0.25, 0.3) is 0 Å². The molecule has 86 valence electrons. The molecule has 1 N–H and O–H groups in total. The maximum absolute atomic E-state index is 10.4. The molecule has 2 nitrogen and oxygen atoms in total. The second kappa shape index (κ2) is 10.7. The van der Waals surface area contributed by atoms with E-state index in [1.54, 1.807) is 0 Å². The molecule has 0 bridgehead atoms.